The lowest BCUT2D eigenvalue weighted by molar-refractivity contribution is 0.152. The molecule has 2 unspecified atom stereocenters. The van der Waals surface area contributed by atoms with Gasteiger partial charge in [-0.2, -0.15) is 11.8 Å². The molecule has 1 N–H and O–H groups in total. The van der Waals surface area contributed by atoms with Gasteiger partial charge in [0.05, 0.1) is 6.10 Å². The van der Waals surface area contributed by atoms with Gasteiger partial charge in [-0.1, -0.05) is 58.3 Å². The number of aliphatic hydroxyl groups is 1. The lowest BCUT2D eigenvalue weighted by atomic mass is 10.0. The zero-order valence-electron chi connectivity index (χ0n) is 11.5. The molecule has 2 atom stereocenters. The molecule has 1 fully saturated rings. The highest BCUT2D eigenvalue weighted by Gasteiger charge is 2.21. The summed E-state index contributed by atoms with van der Waals surface area (Å²) in [7, 11) is 0. The quantitative estimate of drug-likeness (QED) is 0.601. The molecule has 0 saturated carbocycles. The third kappa shape index (κ3) is 7.35. The fourth-order valence-electron chi connectivity index (χ4n) is 2.57. The zero-order chi connectivity index (χ0) is 12.3. The Morgan fingerprint density at radius 3 is 2.41 bits per heavy atom. The van der Waals surface area contributed by atoms with E-state index in [9.17, 15) is 5.11 Å². The van der Waals surface area contributed by atoms with Crippen LogP contribution in [0.1, 0.15) is 77.6 Å². The molecule has 2 heteroatoms. The van der Waals surface area contributed by atoms with Crippen LogP contribution in [0.4, 0.5) is 0 Å². The van der Waals surface area contributed by atoms with E-state index >= 15 is 0 Å². The Morgan fingerprint density at radius 1 is 1.06 bits per heavy atom. The van der Waals surface area contributed by atoms with Crippen LogP contribution in [0.25, 0.3) is 0 Å². The van der Waals surface area contributed by atoms with Gasteiger partial charge in [0.1, 0.15) is 0 Å². The molecule has 1 rings (SSSR count). The van der Waals surface area contributed by atoms with Crippen molar-refractivity contribution < 1.29 is 5.11 Å². The number of aliphatic hydroxyl groups excluding tert-OH is 1. The van der Waals surface area contributed by atoms with E-state index in [0.29, 0.717) is 5.25 Å². The monoisotopic (exact) mass is 258 g/mol. The van der Waals surface area contributed by atoms with Crippen molar-refractivity contribution in [1.82, 2.24) is 0 Å². The van der Waals surface area contributed by atoms with Gasteiger partial charge in [-0.3, -0.25) is 0 Å². The van der Waals surface area contributed by atoms with Crippen molar-refractivity contribution in [2.45, 2.75) is 88.9 Å². The maximum absolute atomic E-state index is 10.1. The molecule has 0 aromatic carbocycles. The van der Waals surface area contributed by atoms with Crippen molar-refractivity contribution in [3.05, 3.63) is 0 Å². The van der Waals surface area contributed by atoms with E-state index in [1.54, 1.807) is 0 Å². The normalized spacial score (nSPS) is 22.6. The van der Waals surface area contributed by atoms with Crippen LogP contribution < -0.4 is 0 Å². The second kappa shape index (κ2) is 10.3. The fourth-order valence-corrected chi connectivity index (χ4v) is 3.93. The summed E-state index contributed by atoms with van der Waals surface area (Å²) in [4.78, 5) is 0. The molecule has 102 valence electrons. The van der Waals surface area contributed by atoms with Crippen LogP contribution in [0.5, 0.6) is 0 Å². The number of rotatable bonds is 9. The Balaban J connectivity index is 1.90. The number of unbranched alkanes of at least 4 members (excludes halogenated alkanes) is 6. The van der Waals surface area contributed by atoms with Crippen molar-refractivity contribution in [3.63, 3.8) is 0 Å². The molecule has 1 nitrogen and oxygen atoms in total. The Hall–Kier alpha value is 0.310. The lowest BCUT2D eigenvalue weighted by Gasteiger charge is -2.26. The first-order chi connectivity index (χ1) is 8.34. The van der Waals surface area contributed by atoms with E-state index in [1.807, 2.05) is 11.8 Å². The van der Waals surface area contributed by atoms with Gasteiger partial charge in [-0.15, -0.1) is 0 Å². The van der Waals surface area contributed by atoms with Gasteiger partial charge < -0.3 is 5.11 Å². The minimum Gasteiger partial charge on any atom is -0.392 e. The van der Waals surface area contributed by atoms with E-state index in [0.717, 1.165) is 6.42 Å². The second-order valence-electron chi connectivity index (χ2n) is 5.38. The van der Waals surface area contributed by atoms with Crippen LogP contribution in [0.3, 0.4) is 0 Å². The van der Waals surface area contributed by atoms with Gasteiger partial charge in [0.2, 0.25) is 0 Å². The van der Waals surface area contributed by atoms with Crippen LogP contribution in [0.2, 0.25) is 0 Å². The minimum absolute atomic E-state index is 0.0315. The van der Waals surface area contributed by atoms with E-state index in [-0.39, 0.29) is 6.10 Å². The fraction of sp³-hybridized carbons (Fsp3) is 1.00. The third-order valence-electron chi connectivity index (χ3n) is 3.75. The SMILES string of the molecule is CCCCCCCCCC(O)C1CCCCS1. The second-order valence-corrected chi connectivity index (χ2v) is 6.73. The number of hydrogen-bond donors (Lipinski definition) is 1. The third-order valence-corrected chi connectivity index (χ3v) is 5.25. The first-order valence-electron chi connectivity index (χ1n) is 7.64. The van der Waals surface area contributed by atoms with E-state index in [2.05, 4.69) is 6.92 Å². The summed E-state index contributed by atoms with van der Waals surface area (Å²) in [6.07, 6.45) is 14.3. The van der Waals surface area contributed by atoms with Crippen molar-refractivity contribution in [2.75, 3.05) is 5.75 Å². The van der Waals surface area contributed by atoms with Crippen molar-refractivity contribution in [2.24, 2.45) is 0 Å². The molecule has 0 radical (unpaired) electrons. The minimum atomic E-state index is -0.0315. The van der Waals surface area contributed by atoms with Crippen LogP contribution in [0.15, 0.2) is 0 Å². The summed E-state index contributed by atoms with van der Waals surface area (Å²) in [6, 6.07) is 0. The Labute approximate surface area is 112 Å². The average Bonchev–Trinajstić information content (AvgIpc) is 2.38. The van der Waals surface area contributed by atoms with Crippen molar-refractivity contribution in [1.29, 1.82) is 0 Å². The van der Waals surface area contributed by atoms with Gasteiger partial charge in [0, 0.05) is 5.25 Å². The van der Waals surface area contributed by atoms with Gasteiger partial charge >= 0.3 is 0 Å². The van der Waals surface area contributed by atoms with Crippen molar-refractivity contribution in [3.8, 4) is 0 Å². The Kier molecular flexibility index (Phi) is 9.27. The highest BCUT2D eigenvalue weighted by atomic mass is 32.2. The molecular weight excluding hydrogens is 228 g/mol. The molecule has 1 saturated heterocycles. The largest absolute Gasteiger partial charge is 0.392 e. The molecule has 0 amide bonds. The maximum atomic E-state index is 10.1. The summed E-state index contributed by atoms with van der Waals surface area (Å²) >= 11 is 2.00. The van der Waals surface area contributed by atoms with Crippen LogP contribution in [0, 0.1) is 0 Å². The number of thioether (sulfide) groups is 1. The Morgan fingerprint density at radius 2 is 1.76 bits per heavy atom. The smallest absolute Gasteiger partial charge is 0.0658 e. The molecule has 1 aliphatic heterocycles. The molecule has 0 spiro atoms. The van der Waals surface area contributed by atoms with E-state index < -0.39 is 0 Å². The summed E-state index contributed by atoms with van der Waals surface area (Å²) in [5.41, 5.74) is 0. The van der Waals surface area contributed by atoms with E-state index in [1.165, 1.54) is 70.0 Å². The average molecular weight is 258 g/mol. The molecule has 0 aromatic heterocycles. The molecule has 1 aliphatic rings. The van der Waals surface area contributed by atoms with Gasteiger partial charge in [-0.05, 0) is 25.0 Å². The van der Waals surface area contributed by atoms with Gasteiger partial charge in [0.25, 0.3) is 0 Å². The van der Waals surface area contributed by atoms with Gasteiger partial charge in [-0.25, -0.2) is 0 Å². The molecule has 0 aromatic rings. The van der Waals surface area contributed by atoms with E-state index in [4.69, 9.17) is 0 Å². The van der Waals surface area contributed by atoms with Crippen molar-refractivity contribution >= 4 is 11.8 Å². The Bertz CT molecular complexity index is 166. The predicted octanol–water partition coefficient (Wildman–Crippen LogP) is 4.77. The molecular formula is C15H30OS. The van der Waals surface area contributed by atoms with Crippen LogP contribution in [-0.2, 0) is 0 Å². The maximum Gasteiger partial charge on any atom is 0.0658 e. The summed E-state index contributed by atoms with van der Waals surface area (Å²) in [5, 5.41) is 10.6. The van der Waals surface area contributed by atoms with Crippen LogP contribution >= 0.6 is 11.8 Å². The predicted molar refractivity (Wildman–Crippen MR) is 78.7 cm³/mol. The zero-order valence-corrected chi connectivity index (χ0v) is 12.3. The lowest BCUT2D eigenvalue weighted by Crippen LogP contribution is -2.25. The standard InChI is InChI=1S/C15H30OS/c1-2-3-4-5-6-7-8-11-14(16)15-12-9-10-13-17-15/h14-16H,2-13H2,1H3. The van der Waals surface area contributed by atoms with Gasteiger partial charge in [0.15, 0.2) is 0 Å². The summed E-state index contributed by atoms with van der Waals surface area (Å²) in [5.74, 6) is 1.26. The molecule has 0 bridgehead atoms. The summed E-state index contributed by atoms with van der Waals surface area (Å²) in [6.45, 7) is 2.26. The first-order valence-corrected chi connectivity index (χ1v) is 8.69. The summed E-state index contributed by atoms with van der Waals surface area (Å²) < 4.78 is 0. The highest BCUT2D eigenvalue weighted by Crippen LogP contribution is 2.29. The van der Waals surface area contributed by atoms with Crippen LogP contribution in [-0.4, -0.2) is 22.2 Å². The highest BCUT2D eigenvalue weighted by molar-refractivity contribution is 8.00. The topological polar surface area (TPSA) is 20.2 Å². The first kappa shape index (κ1) is 15.4. The molecule has 1 heterocycles. The molecule has 0 aliphatic carbocycles. The molecule has 17 heavy (non-hydrogen) atoms. The number of hydrogen-bond acceptors (Lipinski definition) is 2.